The van der Waals surface area contributed by atoms with E-state index in [2.05, 4.69) is 10.3 Å². The van der Waals surface area contributed by atoms with E-state index in [-0.39, 0.29) is 18.0 Å². The van der Waals surface area contributed by atoms with Gasteiger partial charge >= 0.3 is 0 Å². The Morgan fingerprint density at radius 3 is 2.76 bits per heavy atom. The van der Waals surface area contributed by atoms with E-state index in [9.17, 15) is 14.9 Å². The number of aromatic nitrogens is 1. The Hall–Kier alpha value is -3.62. The second-order valence-corrected chi connectivity index (χ2v) is 4.93. The summed E-state index contributed by atoms with van der Waals surface area (Å²) in [5.74, 6) is 0.658. The smallest absolute Gasteiger partial charge is 0.280 e. The van der Waals surface area contributed by atoms with Crippen LogP contribution in [0.25, 0.3) is 6.08 Å². The van der Waals surface area contributed by atoms with Gasteiger partial charge in [0.15, 0.2) is 11.5 Å². The predicted molar refractivity (Wildman–Crippen MR) is 87.7 cm³/mol. The lowest BCUT2D eigenvalue weighted by atomic mass is 10.1. The number of anilines is 1. The standard InChI is InChI=1S/C16H13N3O6/c1-23-16-5-3-11(8-17-16)18-15(20)4-2-10-6-13-14(25-9-24-13)7-12(10)19(21)22/h2-8H,9H2,1H3,(H,18,20)/b4-2+. The number of hydrogen-bond donors (Lipinski definition) is 1. The Kier molecular flexibility index (Phi) is 4.46. The first-order valence-electron chi connectivity index (χ1n) is 7.14. The second-order valence-electron chi connectivity index (χ2n) is 4.93. The van der Waals surface area contributed by atoms with E-state index < -0.39 is 10.8 Å². The quantitative estimate of drug-likeness (QED) is 0.504. The van der Waals surface area contributed by atoms with Gasteiger partial charge in [0.2, 0.25) is 18.6 Å². The molecular weight excluding hydrogens is 330 g/mol. The molecule has 1 aliphatic heterocycles. The van der Waals surface area contributed by atoms with Crippen LogP contribution in [0.15, 0.2) is 36.5 Å². The van der Waals surface area contributed by atoms with Gasteiger partial charge in [-0.3, -0.25) is 14.9 Å². The Balaban J connectivity index is 1.76. The minimum atomic E-state index is -0.549. The lowest BCUT2D eigenvalue weighted by Gasteiger charge is -2.03. The van der Waals surface area contributed by atoms with Crippen molar-refractivity contribution in [2.24, 2.45) is 0 Å². The van der Waals surface area contributed by atoms with Crippen LogP contribution in [0.3, 0.4) is 0 Å². The lowest BCUT2D eigenvalue weighted by Crippen LogP contribution is -2.08. The van der Waals surface area contributed by atoms with Gasteiger partial charge in [-0.25, -0.2) is 4.98 Å². The predicted octanol–water partition coefficient (Wildman–Crippen LogP) is 2.38. The van der Waals surface area contributed by atoms with E-state index in [1.807, 2.05) is 0 Å². The molecule has 0 atom stereocenters. The van der Waals surface area contributed by atoms with Crippen molar-refractivity contribution in [3.8, 4) is 17.4 Å². The molecule has 0 fully saturated rings. The summed E-state index contributed by atoms with van der Waals surface area (Å²) in [4.78, 5) is 26.6. The van der Waals surface area contributed by atoms with E-state index in [0.29, 0.717) is 23.1 Å². The normalized spacial score (nSPS) is 12.2. The SMILES string of the molecule is COc1ccc(NC(=O)/C=C/c2cc3c(cc2[N+](=O)[O-])OCO3)cn1. The number of benzene rings is 1. The number of methoxy groups -OCH3 is 1. The summed E-state index contributed by atoms with van der Waals surface area (Å²) in [6.45, 7) is 0.00457. The summed E-state index contributed by atoms with van der Waals surface area (Å²) in [5, 5.41) is 13.8. The molecule has 9 nitrogen and oxygen atoms in total. The number of rotatable bonds is 5. The largest absolute Gasteiger partial charge is 0.481 e. The van der Waals surface area contributed by atoms with Crippen molar-refractivity contribution in [3.63, 3.8) is 0 Å². The minimum absolute atomic E-state index is 0.00457. The summed E-state index contributed by atoms with van der Waals surface area (Å²) in [7, 11) is 1.49. The zero-order valence-corrected chi connectivity index (χ0v) is 13.1. The molecule has 0 aliphatic carbocycles. The number of fused-ring (bicyclic) bond motifs is 1. The van der Waals surface area contributed by atoms with Crippen molar-refractivity contribution in [2.45, 2.75) is 0 Å². The van der Waals surface area contributed by atoms with E-state index in [1.54, 1.807) is 12.1 Å². The number of nitrogens with one attached hydrogen (secondary N) is 1. The highest BCUT2D eigenvalue weighted by atomic mass is 16.7. The molecule has 128 valence electrons. The molecule has 1 N–H and O–H groups in total. The number of amides is 1. The number of carbonyl (C=O) groups excluding carboxylic acids is 1. The molecule has 0 saturated heterocycles. The highest BCUT2D eigenvalue weighted by molar-refractivity contribution is 6.02. The van der Waals surface area contributed by atoms with Crippen molar-refractivity contribution in [1.29, 1.82) is 0 Å². The molecule has 3 rings (SSSR count). The van der Waals surface area contributed by atoms with Crippen LogP contribution in [0, 0.1) is 10.1 Å². The first kappa shape index (κ1) is 16.2. The zero-order chi connectivity index (χ0) is 17.8. The van der Waals surface area contributed by atoms with Gasteiger partial charge in [0.05, 0.1) is 35.5 Å². The molecule has 0 bridgehead atoms. The summed E-state index contributed by atoms with van der Waals surface area (Å²) in [5.41, 5.74) is 0.521. The van der Waals surface area contributed by atoms with Crippen LogP contribution in [0.2, 0.25) is 0 Å². The van der Waals surface area contributed by atoms with Gasteiger partial charge in [0, 0.05) is 12.1 Å². The first-order valence-corrected chi connectivity index (χ1v) is 7.14. The molecular formula is C16H13N3O6. The van der Waals surface area contributed by atoms with E-state index in [4.69, 9.17) is 14.2 Å². The van der Waals surface area contributed by atoms with Crippen molar-refractivity contribution in [1.82, 2.24) is 4.98 Å². The van der Waals surface area contributed by atoms with Gasteiger partial charge < -0.3 is 19.5 Å². The molecule has 1 aromatic carbocycles. The molecule has 0 radical (unpaired) electrons. The number of pyridine rings is 1. The highest BCUT2D eigenvalue weighted by Gasteiger charge is 2.22. The molecule has 2 aromatic rings. The summed E-state index contributed by atoms with van der Waals surface area (Å²) < 4.78 is 15.2. The van der Waals surface area contributed by atoms with E-state index in [0.717, 1.165) is 0 Å². The summed E-state index contributed by atoms with van der Waals surface area (Å²) in [6, 6.07) is 5.95. The molecule has 0 spiro atoms. The molecule has 9 heteroatoms. The van der Waals surface area contributed by atoms with E-state index >= 15 is 0 Å². The van der Waals surface area contributed by atoms with Crippen molar-refractivity contribution >= 4 is 23.4 Å². The Bertz CT molecular complexity index is 848. The van der Waals surface area contributed by atoms with Gasteiger partial charge in [0.25, 0.3) is 5.69 Å². The number of ether oxygens (including phenoxy) is 3. The molecule has 0 saturated carbocycles. The Morgan fingerprint density at radius 1 is 1.36 bits per heavy atom. The monoisotopic (exact) mass is 343 g/mol. The third-order valence-electron chi connectivity index (χ3n) is 3.35. The van der Waals surface area contributed by atoms with Gasteiger partial charge in [-0.15, -0.1) is 0 Å². The van der Waals surface area contributed by atoms with Gasteiger partial charge in [-0.2, -0.15) is 0 Å². The van der Waals surface area contributed by atoms with Crippen LogP contribution in [-0.2, 0) is 4.79 Å². The minimum Gasteiger partial charge on any atom is -0.481 e. The lowest BCUT2D eigenvalue weighted by molar-refractivity contribution is -0.385. The van der Waals surface area contributed by atoms with Gasteiger partial charge in [0.1, 0.15) is 0 Å². The van der Waals surface area contributed by atoms with Crippen molar-refractivity contribution in [2.75, 3.05) is 19.2 Å². The maximum absolute atomic E-state index is 12.0. The zero-order valence-electron chi connectivity index (χ0n) is 13.1. The maximum atomic E-state index is 12.0. The average molecular weight is 343 g/mol. The van der Waals surface area contributed by atoms with Gasteiger partial charge in [-0.1, -0.05) is 0 Å². The Morgan fingerprint density at radius 2 is 2.12 bits per heavy atom. The fourth-order valence-electron chi connectivity index (χ4n) is 2.16. The molecule has 0 unspecified atom stereocenters. The fourth-order valence-corrected chi connectivity index (χ4v) is 2.16. The summed E-state index contributed by atoms with van der Waals surface area (Å²) >= 11 is 0. The number of nitro groups is 1. The highest BCUT2D eigenvalue weighted by Crippen LogP contribution is 2.38. The van der Waals surface area contributed by atoms with E-state index in [1.165, 1.54) is 37.6 Å². The molecule has 1 aliphatic rings. The fraction of sp³-hybridized carbons (Fsp3) is 0.125. The summed E-state index contributed by atoms with van der Waals surface area (Å²) in [6.07, 6.45) is 3.97. The number of nitro benzene ring substituents is 1. The van der Waals surface area contributed by atoms with Crippen LogP contribution < -0.4 is 19.5 Å². The molecule has 1 amide bonds. The van der Waals surface area contributed by atoms with Crippen LogP contribution >= 0.6 is 0 Å². The molecule has 1 aromatic heterocycles. The molecule has 2 heterocycles. The topological polar surface area (TPSA) is 113 Å². The van der Waals surface area contributed by atoms with Crippen LogP contribution in [0.4, 0.5) is 11.4 Å². The number of carbonyl (C=O) groups is 1. The second kappa shape index (κ2) is 6.87. The number of nitrogens with zero attached hydrogens (tertiary/aromatic N) is 2. The van der Waals surface area contributed by atoms with Crippen LogP contribution in [0.1, 0.15) is 5.56 Å². The third kappa shape index (κ3) is 3.66. The van der Waals surface area contributed by atoms with Gasteiger partial charge in [-0.05, 0) is 18.2 Å². The maximum Gasteiger partial charge on any atom is 0.280 e. The average Bonchev–Trinajstić information content (AvgIpc) is 3.07. The van der Waals surface area contributed by atoms with Crippen molar-refractivity contribution in [3.05, 3.63) is 52.2 Å². The first-order chi connectivity index (χ1) is 12.1. The third-order valence-corrected chi connectivity index (χ3v) is 3.35. The van der Waals surface area contributed by atoms with Crippen LogP contribution in [-0.4, -0.2) is 29.7 Å². The molecule has 25 heavy (non-hydrogen) atoms. The Labute approximate surface area is 142 Å². The van der Waals surface area contributed by atoms with Crippen LogP contribution in [0.5, 0.6) is 17.4 Å². The number of hydrogen-bond acceptors (Lipinski definition) is 7. The van der Waals surface area contributed by atoms with Crippen molar-refractivity contribution < 1.29 is 23.9 Å².